The van der Waals surface area contributed by atoms with Gasteiger partial charge >= 0.3 is 0 Å². The molecule has 84 valence electrons. The molecule has 1 aliphatic carbocycles. The van der Waals surface area contributed by atoms with E-state index in [0.29, 0.717) is 18.3 Å². The average Bonchev–Trinajstić information content (AvgIpc) is 2.81. The third kappa shape index (κ3) is 4.53. The van der Waals surface area contributed by atoms with Crippen LogP contribution in [0.2, 0.25) is 0 Å². The molecule has 4 heteroatoms. The fourth-order valence-corrected chi connectivity index (χ4v) is 2.04. The summed E-state index contributed by atoms with van der Waals surface area (Å²) in [6.07, 6.45) is 1.96. The zero-order valence-corrected chi connectivity index (χ0v) is 10.1. The highest BCUT2D eigenvalue weighted by Crippen LogP contribution is 2.18. The van der Waals surface area contributed by atoms with Crippen molar-refractivity contribution in [2.75, 3.05) is 12.3 Å². The van der Waals surface area contributed by atoms with Crippen molar-refractivity contribution in [3.63, 3.8) is 0 Å². The molecule has 0 amide bonds. The van der Waals surface area contributed by atoms with Crippen LogP contribution in [0.15, 0.2) is 0 Å². The van der Waals surface area contributed by atoms with Crippen molar-refractivity contribution in [2.24, 2.45) is 0 Å². The third-order valence-electron chi connectivity index (χ3n) is 2.25. The second kappa shape index (κ2) is 4.73. The van der Waals surface area contributed by atoms with Crippen LogP contribution in [-0.4, -0.2) is 38.5 Å². The normalized spacial score (nSPS) is 22.0. The van der Waals surface area contributed by atoms with Crippen LogP contribution in [0.3, 0.4) is 0 Å². The van der Waals surface area contributed by atoms with E-state index in [1.807, 2.05) is 20.8 Å². The molecule has 1 saturated carbocycles. The van der Waals surface area contributed by atoms with Gasteiger partial charge in [-0.05, 0) is 33.6 Å². The highest BCUT2D eigenvalue weighted by atomic mass is 32.2. The van der Waals surface area contributed by atoms with Gasteiger partial charge in [-0.1, -0.05) is 0 Å². The summed E-state index contributed by atoms with van der Waals surface area (Å²) in [5.74, 6) is 0.378. The monoisotopic (exact) mass is 219 g/mol. The predicted octanol–water partition coefficient (Wildman–Crippen LogP) is 0.646. The molecule has 14 heavy (non-hydrogen) atoms. The molecule has 0 saturated heterocycles. The maximum Gasteiger partial charge on any atom is 0.0779 e. The molecular weight excluding hydrogens is 198 g/mol. The quantitative estimate of drug-likeness (QED) is 0.713. The highest BCUT2D eigenvalue weighted by Gasteiger charge is 2.24. The van der Waals surface area contributed by atoms with Gasteiger partial charge < -0.3 is 10.4 Å². The molecule has 2 atom stereocenters. The van der Waals surface area contributed by atoms with Gasteiger partial charge in [-0.25, -0.2) is 0 Å². The Morgan fingerprint density at radius 3 is 2.50 bits per heavy atom. The minimum atomic E-state index is -0.952. The number of nitrogens with one attached hydrogen (secondary N) is 1. The third-order valence-corrected chi connectivity index (χ3v) is 4.30. The average molecular weight is 219 g/mol. The first kappa shape index (κ1) is 12.1. The van der Waals surface area contributed by atoms with Crippen molar-refractivity contribution >= 4 is 10.8 Å². The van der Waals surface area contributed by atoms with Crippen LogP contribution in [0.4, 0.5) is 0 Å². The maximum atomic E-state index is 11.7. The molecule has 1 aliphatic rings. The molecule has 0 aliphatic heterocycles. The van der Waals surface area contributed by atoms with Crippen molar-refractivity contribution in [1.29, 1.82) is 0 Å². The lowest BCUT2D eigenvalue weighted by atomic mass is 10.3. The molecule has 3 nitrogen and oxygen atoms in total. The van der Waals surface area contributed by atoms with Crippen molar-refractivity contribution in [3.8, 4) is 0 Å². The lowest BCUT2D eigenvalue weighted by Crippen LogP contribution is -2.36. The minimum absolute atomic E-state index is 0.222. The van der Waals surface area contributed by atoms with E-state index >= 15 is 0 Å². The second-order valence-corrected chi connectivity index (χ2v) is 7.21. The fourth-order valence-electron chi connectivity index (χ4n) is 1.07. The Labute approximate surface area is 88.7 Å². The van der Waals surface area contributed by atoms with Crippen molar-refractivity contribution in [3.05, 3.63) is 0 Å². The van der Waals surface area contributed by atoms with Crippen LogP contribution in [0.25, 0.3) is 0 Å². The van der Waals surface area contributed by atoms with E-state index in [-0.39, 0.29) is 4.75 Å². The lowest BCUT2D eigenvalue weighted by molar-refractivity contribution is 0.194. The van der Waals surface area contributed by atoms with E-state index in [1.54, 1.807) is 0 Å². The summed E-state index contributed by atoms with van der Waals surface area (Å²) >= 11 is 0. The van der Waals surface area contributed by atoms with E-state index in [1.165, 1.54) is 12.8 Å². The van der Waals surface area contributed by atoms with E-state index in [0.717, 1.165) is 0 Å². The maximum absolute atomic E-state index is 11.7. The molecule has 0 spiro atoms. The molecular formula is C10H21NO2S. The summed E-state index contributed by atoms with van der Waals surface area (Å²) in [7, 11) is -0.952. The van der Waals surface area contributed by atoms with Gasteiger partial charge in [0.25, 0.3) is 0 Å². The molecule has 0 heterocycles. The van der Waals surface area contributed by atoms with Crippen LogP contribution in [-0.2, 0) is 10.8 Å². The first-order valence-electron chi connectivity index (χ1n) is 5.19. The molecule has 0 bridgehead atoms. The molecule has 0 aromatic heterocycles. The van der Waals surface area contributed by atoms with Gasteiger partial charge in [-0.15, -0.1) is 0 Å². The molecule has 2 N–H and O–H groups in total. The molecule has 2 unspecified atom stereocenters. The van der Waals surface area contributed by atoms with Gasteiger partial charge in [-0.2, -0.15) is 0 Å². The first-order valence-corrected chi connectivity index (χ1v) is 6.51. The topological polar surface area (TPSA) is 49.3 Å². The summed E-state index contributed by atoms with van der Waals surface area (Å²) in [5, 5.41) is 12.8. The number of hydrogen-bond donors (Lipinski definition) is 2. The van der Waals surface area contributed by atoms with E-state index < -0.39 is 16.9 Å². The molecule has 0 aromatic carbocycles. The largest absolute Gasteiger partial charge is 0.391 e. The molecule has 1 rings (SSSR count). The lowest BCUT2D eigenvalue weighted by Gasteiger charge is -2.20. The zero-order chi connectivity index (χ0) is 10.8. The standard InChI is InChI=1S/C10H21NO2S/c1-10(2,3)14(13)7-9(12)6-11-8-4-5-8/h8-9,11-12H,4-7H2,1-3H3. The summed E-state index contributed by atoms with van der Waals surface area (Å²) in [4.78, 5) is 0. The smallest absolute Gasteiger partial charge is 0.0779 e. The Kier molecular flexibility index (Phi) is 4.10. The van der Waals surface area contributed by atoms with Gasteiger partial charge in [0, 0.05) is 28.1 Å². The molecule has 0 aromatic rings. The first-order chi connectivity index (χ1) is 6.39. The molecule has 1 fully saturated rings. The number of aliphatic hydroxyl groups is 1. The minimum Gasteiger partial charge on any atom is -0.391 e. The van der Waals surface area contributed by atoms with Gasteiger partial charge in [0.2, 0.25) is 0 Å². The number of aliphatic hydroxyl groups excluding tert-OH is 1. The van der Waals surface area contributed by atoms with E-state index in [4.69, 9.17) is 0 Å². The molecule has 0 radical (unpaired) electrons. The predicted molar refractivity (Wildman–Crippen MR) is 59.8 cm³/mol. The van der Waals surface area contributed by atoms with Crippen LogP contribution in [0.5, 0.6) is 0 Å². The summed E-state index contributed by atoms with van der Waals surface area (Å²) in [5.41, 5.74) is 0. The van der Waals surface area contributed by atoms with E-state index in [2.05, 4.69) is 5.32 Å². The SMILES string of the molecule is CC(C)(C)S(=O)CC(O)CNC1CC1. The Balaban J connectivity index is 2.17. The van der Waals surface area contributed by atoms with E-state index in [9.17, 15) is 9.32 Å². The highest BCUT2D eigenvalue weighted by molar-refractivity contribution is 7.86. The van der Waals surface area contributed by atoms with Gasteiger partial charge in [-0.3, -0.25) is 4.21 Å². The summed E-state index contributed by atoms with van der Waals surface area (Å²) < 4.78 is 11.4. The van der Waals surface area contributed by atoms with Crippen LogP contribution in [0.1, 0.15) is 33.6 Å². The summed E-state index contributed by atoms with van der Waals surface area (Å²) in [6, 6.07) is 0.604. The van der Waals surface area contributed by atoms with Gasteiger partial charge in [0.05, 0.1) is 11.9 Å². The number of rotatable bonds is 5. The summed E-state index contributed by atoms with van der Waals surface area (Å²) in [6.45, 7) is 6.38. The van der Waals surface area contributed by atoms with Crippen LogP contribution in [0, 0.1) is 0 Å². The van der Waals surface area contributed by atoms with Crippen LogP contribution >= 0.6 is 0 Å². The second-order valence-electron chi connectivity index (χ2n) is 4.96. The van der Waals surface area contributed by atoms with Gasteiger partial charge in [0.15, 0.2) is 0 Å². The van der Waals surface area contributed by atoms with Crippen molar-refractivity contribution < 1.29 is 9.32 Å². The van der Waals surface area contributed by atoms with Gasteiger partial charge in [0.1, 0.15) is 0 Å². The zero-order valence-electron chi connectivity index (χ0n) is 9.25. The Bertz CT molecular complexity index is 209. The van der Waals surface area contributed by atoms with Crippen LogP contribution < -0.4 is 5.32 Å². The fraction of sp³-hybridized carbons (Fsp3) is 1.00. The Hall–Kier alpha value is 0.0700. The van der Waals surface area contributed by atoms with Crippen molar-refractivity contribution in [1.82, 2.24) is 5.32 Å². The van der Waals surface area contributed by atoms with Crippen molar-refractivity contribution in [2.45, 2.75) is 50.5 Å². The Morgan fingerprint density at radius 2 is 2.07 bits per heavy atom. The Morgan fingerprint density at radius 1 is 1.50 bits per heavy atom. The number of hydrogen-bond acceptors (Lipinski definition) is 3.